The second-order valence-corrected chi connectivity index (χ2v) is 5.43. The van der Waals surface area contributed by atoms with Gasteiger partial charge in [-0.05, 0) is 37.8 Å². The van der Waals surface area contributed by atoms with Crippen LogP contribution in [0.3, 0.4) is 0 Å². The number of carbonyl (C=O) groups excluding carboxylic acids is 1. The van der Waals surface area contributed by atoms with Gasteiger partial charge in [-0.2, -0.15) is 0 Å². The van der Waals surface area contributed by atoms with E-state index >= 15 is 0 Å². The molecule has 21 heavy (non-hydrogen) atoms. The molecule has 5 heteroatoms. The maximum absolute atomic E-state index is 13.9. The van der Waals surface area contributed by atoms with Crippen LogP contribution in [0.25, 0.3) is 0 Å². The fourth-order valence-corrected chi connectivity index (χ4v) is 2.66. The smallest absolute Gasteiger partial charge is 0.255 e. The second kappa shape index (κ2) is 7.41. The molecule has 1 aromatic rings. The van der Waals surface area contributed by atoms with Gasteiger partial charge in [0.2, 0.25) is 0 Å². The molecule has 0 bridgehead atoms. The third-order valence-electron chi connectivity index (χ3n) is 3.82. The van der Waals surface area contributed by atoms with E-state index in [9.17, 15) is 9.18 Å². The number of para-hydroxylation sites is 1. The first-order valence-electron chi connectivity index (χ1n) is 7.49. The van der Waals surface area contributed by atoms with Gasteiger partial charge in [0, 0.05) is 33.4 Å². The Hall–Kier alpha value is -1.62. The summed E-state index contributed by atoms with van der Waals surface area (Å²) < 4.78 is 19.2. The number of amides is 1. The number of hydrogen-bond acceptors (Lipinski definition) is 3. The first-order valence-corrected chi connectivity index (χ1v) is 7.49. The number of anilines is 1. The summed E-state index contributed by atoms with van der Waals surface area (Å²) >= 11 is 0. The SMILES string of the molecule is CCNc1c(F)cccc1C(=O)N(C)CC1CCOCC1. The van der Waals surface area contributed by atoms with Crippen LogP contribution in [0, 0.1) is 11.7 Å². The van der Waals surface area contributed by atoms with Crippen molar-refractivity contribution < 1.29 is 13.9 Å². The average molecular weight is 294 g/mol. The van der Waals surface area contributed by atoms with Crippen molar-refractivity contribution in [3.05, 3.63) is 29.6 Å². The predicted octanol–water partition coefficient (Wildman–Crippen LogP) is 2.76. The van der Waals surface area contributed by atoms with Crippen molar-refractivity contribution in [3.8, 4) is 0 Å². The number of ether oxygens (including phenoxy) is 1. The molecule has 0 aliphatic carbocycles. The Kier molecular flexibility index (Phi) is 5.56. The molecule has 0 spiro atoms. The Labute approximate surface area is 125 Å². The highest BCUT2D eigenvalue weighted by molar-refractivity contribution is 5.99. The molecule has 0 saturated carbocycles. The van der Waals surface area contributed by atoms with Crippen LogP contribution in [0.2, 0.25) is 0 Å². The van der Waals surface area contributed by atoms with Crippen molar-refractivity contribution in [1.82, 2.24) is 4.90 Å². The molecule has 1 heterocycles. The van der Waals surface area contributed by atoms with E-state index in [1.807, 2.05) is 6.92 Å². The molecule has 0 unspecified atom stereocenters. The maximum Gasteiger partial charge on any atom is 0.255 e. The predicted molar refractivity (Wildman–Crippen MR) is 81.1 cm³/mol. The van der Waals surface area contributed by atoms with E-state index in [2.05, 4.69) is 5.32 Å². The van der Waals surface area contributed by atoms with Gasteiger partial charge in [0.05, 0.1) is 11.3 Å². The summed E-state index contributed by atoms with van der Waals surface area (Å²) in [5.74, 6) is -0.0667. The number of carbonyl (C=O) groups is 1. The van der Waals surface area contributed by atoms with Gasteiger partial charge in [-0.15, -0.1) is 0 Å². The molecule has 1 aromatic carbocycles. The van der Waals surface area contributed by atoms with Crippen molar-refractivity contribution in [1.29, 1.82) is 0 Å². The van der Waals surface area contributed by atoms with Crippen molar-refractivity contribution in [2.75, 3.05) is 38.7 Å². The molecule has 0 atom stereocenters. The van der Waals surface area contributed by atoms with E-state index in [0.717, 1.165) is 26.1 Å². The Morgan fingerprint density at radius 2 is 2.14 bits per heavy atom. The number of nitrogens with zero attached hydrogens (tertiary/aromatic N) is 1. The summed E-state index contributed by atoms with van der Waals surface area (Å²) in [6.45, 7) is 4.66. The number of nitrogens with one attached hydrogen (secondary N) is 1. The van der Waals surface area contributed by atoms with E-state index in [-0.39, 0.29) is 11.7 Å². The lowest BCUT2D eigenvalue weighted by Crippen LogP contribution is -2.34. The van der Waals surface area contributed by atoms with Crippen LogP contribution in [0.15, 0.2) is 18.2 Å². The van der Waals surface area contributed by atoms with Gasteiger partial charge in [-0.1, -0.05) is 6.07 Å². The molecule has 1 amide bonds. The van der Waals surface area contributed by atoms with Crippen LogP contribution in [-0.4, -0.2) is 44.2 Å². The summed E-state index contributed by atoms with van der Waals surface area (Å²) in [5, 5.41) is 2.94. The van der Waals surface area contributed by atoms with Gasteiger partial charge >= 0.3 is 0 Å². The lowest BCUT2D eigenvalue weighted by molar-refractivity contribution is 0.0497. The molecule has 1 N–H and O–H groups in total. The topological polar surface area (TPSA) is 41.6 Å². The van der Waals surface area contributed by atoms with Gasteiger partial charge in [-0.3, -0.25) is 4.79 Å². The van der Waals surface area contributed by atoms with Gasteiger partial charge < -0.3 is 15.0 Å². The highest BCUT2D eigenvalue weighted by atomic mass is 19.1. The molecule has 0 aromatic heterocycles. The van der Waals surface area contributed by atoms with Crippen LogP contribution >= 0.6 is 0 Å². The number of benzene rings is 1. The van der Waals surface area contributed by atoms with Gasteiger partial charge in [-0.25, -0.2) is 4.39 Å². The molecule has 2 rings (SSSR count). The van der Waals surface area contributed by atoms with Crippen molar-refractivity contribution in [2.24, 2.45) is 5.92 Å². The van der Waals surface area contributed by atoms with Crippen molar-refractivity contribution in [3.63, 3.8) is 0 Å². The Morgan fingerprint density at radius 3 is 2.81 bits per heavy atom. The van der Waals surface area contributed by atoms with E-state index in [1.54, 1.807) is 24.1 Å². The Balaban J connectivity index is 2.09. The molecule has 1 aliphatic heterocycles. The first kappa shape index (κ1) is 15.8. The third-order valence-corrected chi connectivity index (χ3v) is 3.82. The van der Waals surface area contributed by atoms with Gasteiger partial charge in [0.25, 0.3) is 5.91 Å². The zero-order valence-corrected chi connectivity index (χ0v) is 12.7. The minimum atomic E-state index is -0.387. The molecule has 116 valence electrons. The minimum absolute atomic E-state index is 0.142. The van der Waals surface area contributed by atoms with Gasteiger partial charge in [0.15, 0.2) is 0 Å². The van der Waals surface area contributed by atoms with Crippen LogP contribution < -0.4 is 5.32 Å². The molecule has 0 radical (unpaired) electrons. The zero-order chi connectivity index (χ0) is 15.2. The summed E-state index contributed by atoms with van der Waals surface area (Å²) in [6.07, 6.45) is 1.95. The molecule has 1 aliphatic rings. The molecule has 1 saturated heterocycles. The fourth-order valence-electron chi connectivity index (χ4n) is 2.66. The highest BCUT2D eigenvalue weighted by Crippen LogP contribution is 2.22. The average Bonchev–Trinajstić information content (AvgIpc) is 2.50. The molecular formula is C16H23FN2O2. The van der Waals surface area contributed by atoms with Crippen molar-refractivity contribution >= 4 is 11.6 Å². The minimum Gasteiger partial charge on any atom is -0.382 e. The van der Waals surface area contributed by atoms with Crippen LogP contribution in [0.4, 0.5) is 10.1 Å². The summed E-state index contributed by atoms with van der Waals surface area (Å²) in [7, 11) is 1.78. The Morgan fingerprint density at radius 1 is 1.43 bits per heavy atom. The number of halogens is 1. The number of rotatable bonds is 5. The van der Waals surface area contributed by atoms with E-state index in [0.29, 0.717) is 30.3 Å². The van der Waals surface area contributed by atoms with Gasteiger partial charge in [0.1, 0.15) is 5.82 Å². The standard InChI is InChI=1S/C16H23FN2O2/c1-3-18-15-13(5-4-6-14(15)17)16(20)19(2)11-12-7-9-21-10-8-12/h4-6,12,18H,3,7-11H2,1-2H3. The maximum atomic E-state index is 13.9. The zero-order valence-electron chi connectivity index (χ0n) is 12.7. The van der Waals surface area contributed by atoms with E-state index in [1.165, 1.54) is 6.07 Å². The second-order valence-electron chi connectivity index (χ2n) is 5.43. The normalized spacial score (nSPS) is 15.8. The highest BCUT2D eigenvalue weighted by Gasteiger charge is 2.22. The largest absolute Gasteiger partial charge is 0.382 e. The lowest BCUT2D eigenvalue weighted by atomic mass is 9.99. The summed E-state index contributed by atoms with van der Waals surface area (Å²) in [5.41, 5.74) is 0.690. The van der Waals surface area contributed by atoms with E-state index in [4.69, 9.17) is 4.74 Å². The number of hydrogen-bond donors (Lipinski definition) is 1. The van der Waals surface area contributed by atoms with Crippen LogP contribution in [-0.2, 0) is 4.74 Å². The summed E-state index contributed by atoms with van der Waals surface area (Å²) in [4.78, 5) is 14.2. The molecular weight excluding hydrogens is 271 g/mol. The van der Waals surface area contributed by atoms with Crippen molar-refractivity contribution in [2.45, 2.75) is 19.8 Å². The third kappa shape index (κ3) is 3.94. The summed E-state index contributed by atoms with van der Waals surface area (Å²) in [6, 6.07) is 4.61. The van der Waals surface area contributed by atoms with Crippen LogP contribution in [0.1, 0.15) is 30.1 Å². The molecule has 4 nitrogen and oxygen atoms in total. The van der Waals surface area contributed by atoms with E-state index < -0.39 is 0 Å². The first-order chi connectivity index (χ1) is 10.1. The Bertz CT molecular complexity index is 487. The fraction of sp³-hybridized carbons (Fsp3) is 0.562. The van der Waals surface area contributed by atoms with Crippen LogP contribution in [0.5, 0.6) is 0 Å². The molecule has 1 fully saturated rings. The quantitative estimate of drug-likeness (QED) is 0.908. The lowest BCUT2D eigenvalue weighted by Gasteiger charge is -2.27. The monoisotopic (exact) mass is 294 g/mol.